The standard InChI is InChI=1S/C9H18N2O2/c10-9(13)6-11-7-4-2-1-3-5-8(7)12/h7-8,11-12H,1-6H2,(H2,10,13). The van der Waals surface area contributed by atoms with Crippen LogP contribution in [0.4, 0.5) is 0 Å². The van der Waals surface area contributed by atoms with Crippen molar-refractivity contribution in [1.29, 1.82) is 0 Å². The van der Waals surface area contributed by atoms with Gasteiger partial charge < -0.3 is 16.2 Å². The first-order valence-electron chi connectivity index (χ1n) is 4.90. The van der Waals surface area contributed by atoms with Gasteiger partial charge in [-0.15, -0.1) is 0 Å². The van der Waals surface area contributed by atoms with Crippen molar-refractivity contribution in [3.63, 3.8) is 0 Å². The molecule has 0 spiro atoms. The molecule has 4 N–H and O–H groups in total. The highest BCUT2D eigenvalue weighted by atomic mass is 16.3. The lowest BCUT2D eigenvalue weighted by molar-refractivity contribution is -0.117. The van der Waals surface area contributed by atoms with Crippen LogP contribution < -0.4 is 11.1 Å². The van der Waals surface area contributed by atoms with Gasteiger partial charge in [0, 0.05) is 6.04 Å². The van der Waals surface area contributed by atoms with E-state index in [9.17, 15) is 9.90 Å². The maximum atomic E-state index is 10.5. The monoisotopic (exact) mass is 186 g/mol. The van der Waals surface area contributed by atoms with Gasteiger partial charge >= 0.3 is 0 Å². The lowest BCUT2D eigenvalue weighted by atomic mass is 10.1. The number of amides is 1. The Labute approximate surface area is 78.5 Å². The van der Waals surface area contributed by atoms with Crippen LogP contribution in [0.3, 0.4) is 0 Å². The van der Waals surface area contributed by atoms with Crippen molar-refractivity contribution in [3.05, 3.63) is 0 Å². The number of hydrogen-bond acceptors (Lipinski definition) is 3. The van der Waals surface area contributed by atoms with E-state index in [0.29, 0.717) is 0 Å². The maximum absolute atomic E-state index is 10.5. The normalized spacial score (nSPS) is 29.6. The van der Waals surface area contributed by atoms with E-state index in [1.165, 1.54) is 6.42 Å². The van der Waals surface area contributed by atoms with Gasteiger partial charge in [0.2, 0.25) is 5.91 Å². The molecule has 0 aromatic heterocycles. The predicted octanol–water partition coefficient (Wildman–Crippen LogP) is -0.245. The molecular weight excluding hydrogens is 168 g/mol. The fraction of sp³-hybridized carbons (Fsp3) is 0.889. The fourth-order valence-corrected chi connectivity index (χ4v) is 1.76. The Morgan fingerprint density at radius 2 is 2.08 bits per heavy atom. The summed E-state index contributed by atoms with van der Waals surface area (Å²) in [7, 11) is 0. The highest BCUT2D eigenvalue weighted by Crippen LogP contribution is 2.17. The van der Waals surface area contributed by atoms with E-state index in [0.717, 1.165) is 25.7 Å². The van der Waals surface area contributed by atoms with Crippen LogP contribution in [-0.2, 0) is 4.79 Å². The number of nitrogens with two attached hydrogens (primary N) is 1. The largest absolute Gasteiger partial charge is 0.392 e. The van der Waals surface area contributed by atoms with Crippen molar-refractivity contribution < 1.29 is 9.90 Å². The zero-order chi connectivity index (χ0) is 9.68. The Bertz CT molecular complexity index is 173. The van der Waals surface area contributed by atoms with Crippen molar-refractivity contribution in [2.24, 2.45) is 5.73 Å². The second-order valence-electron chi connectivity index (χ2n) is 3.66. The van der Waals surface area contributed by atoms with Crippen LogP contribution in [-0.4, -0.2) is 29.7 Å². The van der Waals surface area contributed by atoms with Crippen molar-refractivity contribution >= 4 is 5.91 Å². The number of nitrogens with one attached hydrogen (secondary N) is 1. The number of aliphatic hydroxyl groups is 1. The first-order chi connectivity index (χ1) is 6.20. The predicted molar refractivity (Wildman–Crippen MR) is 50.1 cm³/mol. The lowest BCUT2D eigenvalue weighted by Gasteiger charge is -2.20. The van der Waals surface area contributed by atoms with E-state index in [1.807, 2.05) is 0 Å². The molecule has 2 unspecified atom stereocenters. The van der Waals surface area contributed by atoms with Gasteiger partial charge in [0.15, 0.2) is 0 Å². The number of carbonyl (C=O) groups excluding carboxylic acids is 1. The molecule has 0 aromatic rings. The fourth-order valence-electron chi connectivity index (χ4n) is 1.76. The highest BCUT2D eigenvalue weighted by molar-refractivity contribution is 5.75. The van der Waals surface area contributed by atoms with Gasteiger partial charge in [-0.05, 0) is 12.8 Å². The Balaban J connectivity index is 2.31. The van der Waals surface area contributed by atoms with Crippen LogP contribution in [0, 0.1) is 0 Å². The van der Waals surface area contributed by atoms with E-state index in [1.54, 1.807) is 0 Å². The van der Waals surface area contributed by atoms with Gasteiger partial charge in [0.1, 0.15) is 0 Å². The van der Waals surface area contributed by atoms with Gasteiger partial charge in [-0.2, -0.15) is 0 Å². The topological polar surface area (TPSA) is 75.4 Å². The van der Waals surface area contributed by atoms with Crippen molar-refractivity contribution in [1.82, 2.24) is 5.32 Å². The molecular formula is C9H18N2O2. The van der Waals surface area contributed by atoms with E-state index >= 15 is 0 Å². The summed E-state index contributed by atoms with van der Waals surface area (Å²) in [6.07, 6.45) is 4.82. The van der Waals surface area contributed by atoms with E-state index in [4.69, 9.17) is 5.73 Å². The van der Waals surface area contributed by atoms with Gasteiger partial charge in [-0.1, -0.05) is 19.3 Å². The lowest BCUT2D eigenvalue weighted by Crippen LogP contribution is -2.43. The molecule has 76 valence electrons. The summed E-state index contributed by atoms with van der Waals surface area (Å²) in [5.41, 5.74) is 5.01. The number of aliphatic hydroxyl groups excluding tert-OH is 1. The van der Waals surface area contributed by atoms with E-state index in [-0.39, 0.29) is 24.6 Å². The molecule has 0 aliphatic heterocycles. The number of primary amides is 1. The summed E-state index contributed by atoms with van der Waals surface area (Å²) in [6, 6.07) is 0.0509. The Kier molecular flexibility index (Phi) is 4.18. The summed E-state index contributed by atoms with van der Waals surface area (Å²) in [4.78, 5) is 10.5. The summed E-state index contributed by atoms with van der Waals surface area (Å²) in [5.74, 6) is -0.364. The molecule has 1 aliphatic carbocycles. The Hall–Kier alpha value is -0.610. The summed E-state index contributed by atoms with van der Waals surface area (Å²) in [6.45, 7) is 0.168. The van der Waals surface area contributed by atoms with Crippen LogP contribution in [0.1, 0.15) is 32.1 Å². The van der Waals surface area contributed by atoms with E-state index in [2.05, 4.69) is 5.32 Å². The summed E-state index contributed by atoms with van der Waals surface area (Å²) in [5, 5.41) is 12.6. The van der Waals surface area contributed by atoms with Crippen molar-refractivity contribution in [3.8, 4) is 0 Å². The molecule has 0 saturated heterocycles. The Morgan fingerprint density at radius 3 is 2.77 bits per heavy atom. The maximum Gasteiger partial charge on any atom is 0.231 e. The van der Waals surface area contributed by atoms with Crippen LogP contribution in [0.15, 0.2) is 0 Å². The molecule has 1 rings (SSSR count). The molecule has 0 radical (unpaired) electrons. The summed E-state index contributed by atoms with van der Waals surface area (Å²) >= 11 is 0. The third-order valence-corrected chi connectivity index (χ3v) is 2.52. The average Bonchev–Trinajstić information content (AvgIpc) is 2.27. The number of rotatable bonds is 3. The number of hydrogen-bond donors (Lipinski definition) is 3. The molecule has 1 aliphatic rings. The minimum Gasteiger partial charge on any atom is -0.392 e. The highest BCUT2D eigenvalue weighted by Gasteiger charge is 2.20. The van der Waals surface area contributed by atoms with Crippen LogP contribution in [0.5, 0.6) is 0 Å². The van der Waals surface area contributed by atoms with Gasteiger partial charge in [-0.25, -0.2) is 0 Å². The van der Waals surface area contributed by atoms with Crippen molar-refractivity contribution in [2.75, 3.05) is 6.54 Å². The molecule has 1 saturated carbocycles. The molecule has 4 heteroatoms. The first kappa shape index (κ1) is 10.5. The average molecular weight is 186 g/mol. The van der Waals surface area contributed by atoms with Crippen LogP contribution in [0.2, 0.25) is 0 Å². The second kappa shape index (κ2) is 5.19. The van der Waals surface area contributed by atoms with Gasteiger partial charge in [-0.3, -0.25) is 4.79 Å². The van der Waals surface area contributed by atoms with Crippen LogP contribution in [0.25, 0.3) is 0 Å². The minimum absolute atomic E-state index is 0.0509. The number of carbonyl (C=O) groups is 1. The Morgan fingerprint density at radius 1 is 1.38 bits per heavy atom. The smallest absolute Gasteiger partial charge is 0.231 e. The molecule has 13 heavy (non-hydrogen) atoms. The van der Waals surface area contributed by atoms with E-state index < -0.39 is 0 Å². The SMILES string of the molecule is NC(=O)CNC1CCCCCC1O. The molecule has 1 amide bonds. The third-order valence-electron chi connectivity index (χ3n) is 2.52. The molecule has 0 bridgehead atoms. The minimum atomic E-state index is -0.364. The third kappa shape index (κ3) is 3.74. The van der Waals surface area contributed by atoms with Gasteiger partial charge in [0.05, 0.1) is 12.6 Å². The second-order valence-corrected chi connectivity index (χ2v) is 3.66. The van der Waals surface area contributed by atoms with Crippen molar-refractivity contribution in [2.45, 2.75) is 44.2 Å². The quantitative estimate of drug-likeness (QED) is 0.532. The molecule has 1 fully saturated rings. The zero-order valence-corrected chi connectivity index (χ0v) is 7.83. The van der Waals surface area contributed by atoms with Gasteiger partial charge in [0.25, 0.3) is 0 Å². The molecule has 0 aromatic carbocycles. The molecule has 4 nitrogen and oxygen atoms in total. The molecule has 2 atom stereocenters. The summed E-state index contributed by atoms with van der Waals surface area (Å²) < 4.78 is 0. The first-order valence-corrected chi connectivity index (χ1v) is 4.90. The van der Waals surface area contributed by atoms with Crippen LogP contribution >= 0.6 is 0 Å². The molecule has 0 heterocycles. The zero-order valence-electron chi connectivity index (χ0n) is 7.83.